The number of thioether (sulfide) groups is 1. The second-order valence-electron chi connectivity index (χ2n) is 6.53. The molecular weight excluding hydrogens is 456 g/mol. The first-order chi connectivity index (χ1) is 13.9. The lowest BCUT2D eigenvalue weighted by Gasteiger charge is -2.16. The maximum absolute atomic E-state index is 13.3. The first-order valence-corrected chi connectivity index (χ1v) is 11.1. The summed E-state index contributed by atoms with van der Waals surface area (Å²) in [5.41, 5.74) is 7.22. The Kier molecular flexibility index (Phi) is 6.63. The summed E-state index contributed by atoms with van der Waals surface area (Å²) >= 11 is 4.84. The van der Waals surface area contributed by atoms with Gasteiger partial charge in [-0.15, -0.1) is 0 Å². The number of fused-ring (bicyclic) bond motifs is 1. The van der Waals surface area contributed by atoms with E-state index in [0.29, 0.717) is 17.3 Å². The van der Waals surface area contributed by atoms with Crippen molar-refractivity contribution in [3.05, 3.63) is 44.8 Å². The second-order valence-corrected chi connectivity index (χ2v) is 8.68. The standard InChI is InChI=1S/C19H23BrN6O2S/c1-4-10-24(3)18(27)26-14-15(21)22-17(29-5-2)23-16(14)25(19(26)28)11-12-6-8-13(20)9-7-12/h6-9H,4-5,10-11H2,1-3H3,(H2,21,22,23). The molecule has 10 heteroatoms. The van der Waals surface area contributed by atoms with Crippen molar-refractivity contribution in [1.29, 1.82) is 0 Å². The van der Waals surface area contributed by atoms with E-state index in [1.165, 1.54) is 21.2 Å². The molecule has 3 rings (SSSR count). The van der Waals surface area contributed by atoms with Crippen LogP contribution in [0.15, 0.2) is 38.7 Å². The number of nitrogens with zero attached hydrogens (tertiary/aromatic N) is 5. The molecule has 29 heavy (non-hydrogen) atoms. The average Bonchev–Trinajstić information content (AvgIpc) is 2.96. The van der Waals surface area contributed by atoms with Crippen molar-refractivity contribution in [2.45, 2.75) is 32.0 Å². The summed E-state index contributed by atoms with van der Waals surface area (Å²) in [6, 6.07) is 7.19. The molecule has 1 amide bonds. The van der Waals surface area contributed by atoms with E-state index in [1.54, 1.807) is 7.05 Å². The third kappa shape index (κ3) is 4.32. The predicted molar refractivity (Wildman–Crippen MR) is 120 cm³/mol. The van der Waals surface area contributed by atoms with Gasteiger partial charge in [-0.3, -0.25) is 4.57 Å². The van der Waals surface area contributed by atoms with Crippen LogP contribution in [0.4, 0.5) is 10.6 Å². The Hall–Kier alpha value is -2.33. The number of halogens is 1. The highest BCUT2D eigenvalue weighted by molar-refractivity contribution is 9.10. The monoisotopic (exact) mass is 478 g/mol. The number of anilines is 1. The molecule has 0 bridgehead atoms. The molecule has 0 spiro atoms. The first-order valence-electron chi connectivity index (χ1n) is 9.28. The van der Waals surface area contributed by atoms with E-state index in [-0.39, 0.29) is 17.9 Å². The molecule has 3 aromatic rings. The molecule has 0 unspecified atom stereocenters. The van der Waals surface area contributed by atoms with Gasteiger partial charge in [-0.1, -0.05) is 53.7 Å². The van der Waals surface area contributed by atoms with Crippen molar-refractivity contribution < 1.29 is 4.79 Å². The summed E-state index contributed by atoms with van der Waals surface area (Å²) in [6.07, 6.45) is 0.776. The fourth-order valence-electron chi connectivity index (χ4n) is 3.04. The maximum atomic E-state index is 13.3. The highest BCUT2D eigenvalue weighted by Crippen LogP contribution is 2.23. The van der Waals surface area contributed by atoms with Crippen LogP contribution in [-0.4, -0.2) is 49.4 Å². The molecule has 0 atom stereocenters. The molecule has 2 N–H and O–H groups in total. The van der Waals surface area contributed by atoms with Crippen LogP contribution >= 0.6 is 27.7 Å². The minimum absolute atomic E-state index is 0.121. The normalized spacial score (nSPS) is 11.2. The third-order valence-corrected chi connectivity index (χ3v) is 5.64. The lowest BCUT2D eigenvalue weighted by molar-refractivity contribution is 0.210. The zero-order valence-corrected chi connectivity index (χ0v) is 19.0. The topological polar surface area (TPSA) is 99.0 Å². The molecule has 0 aliphatic heterocycles. The first kappa shape index (κ1) is 21.4. The lowest BCUT2D eigenvalue weighted by Crippen LogP contribution is -2.38. The van der Waals surface area contributed by atoms with Gasteiger partial charge in [0, 0.05) is 18.1 Å². The number of nitrogens with two attached hydrogens (primary N) is 1. The van der Waals surface area contributed by atoms with Crippen LogP contribution in [0.2, 0.25) is 0 Å². The predicted octanol–water partition coefficient (Wildman–Crippen LogP) is 3.41. The van der Waals surface area contributed by atoms with E-state index in [1.807, 2.05) is 38.1 Å². The summed E-state index contributed by atoms with van der Waals surface area (Å²) in [7, 11) is 1.66. The largest absolute Gasteiger partial charge is 0.382 e. The summed E-state index contributed by atoms with van der Waals surface area (Å²) in [5, 5.41) is 0.480. The maximum Gasteiger partial charge on any atom is 0.339 e. The van der Waals surface area contributed by atoms with Gasteiger partial charge in [-0.25, -0.2) is 24.1 Å². The Morgan fingerprint density at radius 3 is 2.55 bits per heavy atom. The van der Waals surface area contributed by atoms with Gasteiger partial charge in [-0.05, 0) is 29.9 Å². The number of carbonyl (C=O) groups excluding carboxylic acids is 1. The van der Waals surface area contributed by atoms with Gasteiger partial charge in [0.05, 0.1) is 6.54 Å². The van der Waals surface area contributed by atoms with Crippen LogP contribution in [-0.2, 0) is 6.54 Å². The van der Waals surface area contributed by atoms with Gasteiger partial charge in [-0.2, -0.15) is 0 Å². The molecule has 0 saturated carbocycles. The SMILES string of the molecule is CCCN(C)C(=O)n1c(=O)n(Cc2ccc(Br)cc2)c2nc(SCC)nc(N)c21. The van der Waals surface area contributed by atoms with Crippen molar-refractivity contribution in [3.8, 4) is 0 Å². The number of benzene rings is 1. The minimum Gasteiger partial charge on any atom is -0.382 e. The Labute approximate surface area is 181 Å². The average molecular weight is 479 g/mol. The molecule has 154 valence electrons. The molecule has 8 nitrogen and oxygen atoms in total. The quantitative estimate of drug-likeness (QED) is 0.430. The van der Waals surface area contributed by atoms with Crippen molar-refractivity contribution in [2.24, 2.45) is 0 Å². The molecule has 0 fully saturated rings. The Balaban J connectivity index is 2.22. The van der Waals surface area contributed by atoms with Crippen molar-refractivity contribution in [1.82, 2.24) is 24.0 Å². The van der Waals surface area contributed by atoms with Crippen LogP contribution in [0.25, 0.3) is 11.2 Å². The summed E-state index contributed by atoms with van der Waals surface area (Å²) in [5.74, 6) is 0.886. The molecule has 2 heterocycles. The van der Waals surface area contributed by atoms with E-state index in [9.17, 15) is 9.59 Å². The Morgan fingerprint density at radius 1 is 1.24 bits per heavy atom. The van der Waals surface area contributed by atoms with Crippen molar-refractivity contribution >= 4 is 50.7 Å². The van der Waals surface area contributed by atoms with Gasteiger partial charge < -0.3 is 10.6 Å². The van der Waals surface area contributed by atoms with Gasteiger partial charge >= 0.3 is 11.7 Å². The molecule has 0 aliphatic rings. The van der Waals surface area contributed by atoms with Crippen LogP contribution < -0.4 is 11.4 Å². The number of hydrogen-bond donors (Lipinski definition) is 1. The van der Waals surface area contributed by atoms with E-state index < -0.39 is 11.7 Å². The fourth-order valence-corrected chi connectivity index (χ4v) is 3.87. The number of hydrogen-bond acceptors (Lipinski definition) is 6. The van der Waals surface area contributed by atoms with Gasteiger partial charge in [0.1, 0.15) is 5.52 Å². The van der Waals surface area contributed by atoms with Crippen molar-refractivity contribution in [2.75, 3.05) is 25.1 Å². The molecule has 0 aliphatic carbocycles. The second kappa shape index (κ2) is 9.00. The molecular formula is C19H23BrN6O2S. The van der Waals surface area contributed by atoms with Crippen LogP contribution in [0.3, 0.4) is 0 Å². The summed E-state index contributed by atoms with van der Waals surface area (Å²) in [6.45, 7) is 4.75. The fraction of sp³-hybridized carbons (Fsp3) is 0.368. The van der Waals surface area contributed by atoms with E-state index in [4.69, 9.17) is 5.73 Å². The number of carbonyl (C=O) groups is 1. The van der Waals surface area contributed by atoms with E-state index in [2.05, 4.69) is 25.9 Å². The number of nitrogen functional groups attached to an aromatic ring is 1. The number of amides is 1. The highest BCUT2D eigenvalue weighted by Gasteiger charge is 2.25. The molecule has 0 saturated heterocycles. The third-order valence-electron chi connectivity index (χ3n) is 4.38. The Morgan fingerprint density at radius 2 is 1.93 bits per heavy atom. The smallest absolute Gasteiger partial charge is 0.339 e. The summed E-state index contributed by atoms with van der Waals surface area (Å²) in [4.78, 5) is 36.6. The molecule has 2 aromatic heterocycles. The van der Waals surface area contributed by atoms with Gasteiger partial charge in [0.25, 0.3) is 0 Å². The Bertz CT molecular complexity index is 1090. The minimum atomic E-state index is -0.476. The van der Waals surface area contributed by atoms with Crippen LogP contribution in [0.5, 0.6) is 0 Å². The van der Waals surface area contributed by atoms with Gasteiger partial charge in [0.2, 0.25) is 0 Å². The number of imidazole rings is 1. The number of aromatic nitrogens is 4. The van der Waals surface area contributed by atoms with E-state index >= 15 is 0 Å². The van der Waals surface area contributed by atoms with E-state index in [0.717, 1.165) is 26.8 Å². The zero-order valence-electron chi connectivity index (χ0n) is 16.6. The summed E-state index contributed by atoms with van der Waals surface area (Å²) < 4.78 is 3.51. The van der Waals surface area contributed by atoms with Crippen LogP contribution in [0.1, 0.15) is 25.8 Å². The van der Waals surface area contributed by atoms with Crippen molar-refractivity contribution in [3.63, 3.8) is 0 Å². The highest BCUT2D eigenvalue weighted by atomic mass is 79.9. The molecule has 0 radical (unpaired) electrons. The van der Waals surface area contributed by atoms with Crippen LogP contribution in [0, 0.1) is 0 Å². The lowest BCUT2D eigenvalue weighted by atomic mass is 10.2. The molecule has 1 aromatic carbocycles. The number of rotatable bonds is 6. The van der Waals surface area contributed by atoms with Gasteiger partial charge in [0.15, 0.2) is 16.6 Å². The zero-order chi connectivity index (χ0) is 21.1.